The average molecular weight is 424 g/mol. The first-order chi connectivity index (χ1) is 14.2. The number of nitro groups is 1. The van der Waals surface area contributed by atoms with E-state index >= 15 is 0 Å². The highest BCUT2D eigenvalue weighted by atomic mass is 32.1. The molecule has 1 fully saturated rings. The van der Waals surface area contributed by atoms with Crippen LogP contribution in [-0.2, 0) is 9.59 Å². The third-order valence-electron chi connectivity index (χ3n) is 4.81. The molecule has 2 aromatic carbocycles. The first kappa shape index (κ1) is 21.1. The lowest BCUT2D eigenvalue weighted by Crippen LogP contribution is -2.54. The number of hydrogen-bond donors (Lipinski definition) is 1. The van der Waals surface area contributed by atoms with Crippen molar-refractivity contribution < 1.29 is 14.5 Å². The summed E-state index contributed by atoms with van der Waals surface area (Å²) in [5.74, 6) is -1.20. The van der Waals surface area contributed by atoms with E-state index in [9.17, 15) is 19.7 Å². The minimum Gasteiger partial charge on any atom is -0.377 e. The van der Waals surface area contributed by atoms with Crippen molar-refractivity contribution in [3.8, 4) is 0 Å². The van der Waals surface area contributed by atoms with Gasteiger partial charge in [-0.05, 0) is 36.8 Å². The van der Waals surface area contributed by atoms with Gasteiger partial charge in [0.2, 0.25) is 0 Å². The van der Waals surface area contributed by atoms with Crippen molar-refractivity contribution in [2.45, 2.75) is 13.0 Å². The number of nitro benzene ring substituents is 1. The Hall–Kier alpha value is -3.59. The van der Waals surface area contributed by atoms with Gasteiger partial charge in [0.1, 0.15) is 5.57 Å². The van der Waals surface area contributed by atoms with Crippen LogP contribution in [0, 0.1) is 10.1 Å². The molecule has 1 heterocycles. The maximum absolute atomic E-state index is 13.2. The topological polar surface area (TPSA) is 95.8 Å². The lowest BCUT2D eigenvalue weighted by atomic mass is 10.0. The van der Waals surface area contributed by atoms with Gasteiger partial charge in [0.05, 0.1) is 11.0 Å². The van der Waals surface area contributed by atoms with Crippen LogP contribution in [0.5, 0.6) is 0 Å². The highest BCUT2D eigenvalue weighted by Gasteiger charge is 2.36. The highest BCUT2D eigenvalue weighted by Crippen LogP contribution is 2.29. The molecule has 0 radical (unpaired) electrons. The molecule has 8 nitrogen and oxygen atoms in total. The highest BCUT2D eigenvalue weighted by molar-refractivity contribution is 7.80. The predicted octanol–water partition coefficient (Wildman–Crippen LogP) is 3.05. The molecule has 3 rings (SSSR count). The third-order valence-corrected chi connectivity index (χ3v) is 5.10. The lowest BCUT2D eigenvalue weighted by Gasteiger charge is -2.34. The first-order valence-electron chi connectivity index (χ1n) is 9.12. The molecule has 2 aromatic rings. The Morgan fingerprint density at radius 1 is 1.17 bits per heavy atom. The molecule has 1 aliphatic heterocycles. The predicted molar refractivity (Wildman–Crippen MR) is 118 cm³/mol. The maximum Gasteiger partial charge on any atom is 0.270 e. The van der Waals surface area contributed by atoms with Crippen LogP contribution in [-0.4, -0.2) is 40.8 Å². The van der Waals surface area contributed by atoms with Gasteiger partial charge in [-0.25, -0.2) is 0 Å². The Morgan fingerprint density at radius 2 is 1.83 bits per heavy atom. The first-order valence-corrected chi connectivity index (χ1v) is 9.52. The molecule has 0 spiro atoms. The molecule has 1 saturated heterocycles. The van der Waals surface area contributed by atoms with Crippen LogP contribution in [0.15, 0.2) is 54.1 Å². The van der Waals surface area contributed by atoms with Gasteiger partial charge < -0.3 is 4.90 Å². The van der Waals surface area contributed by atoms with E-state index in [4.69, 9.17) is 12.2 Å². The normalized spacial score (nSPS) is 16.4. The molecule has 1 unspecified atom stereocenters. The molecular weight excluding hydrogens is 404 g/mol. The second kappa shape index (κ2) is 8.42. The molecule has 154 valence electrons. The van der Waals surface area contributed by atoms with Crippen LogP contribution in [0.2, 0.25) is 0 Å². The van der Waals surface area contributed by atoms with E-state index in [0.29, 0.717) is 11.3 Å². The number of carbonyl (C=O) groups excluding carboxylic acids is 2. The summed E-state index contributed by atoms with van der Waals surface area (Å²) in [6.45, 7) is 1.81. The zero-order valence-electron chi connectivity index (χ0n) is 16.7. The van der Waals surface area contributed by atoms with Crippen molar-refractivity contribution in [1.82, 2.24) is 10.2 Å². The Bertz CT molecular complexity index is 1070. The van der Waals surface area contributed by atoms with Gasteiger partial charge in [-0.3, -0.25) is 29.9 Å². The summed E-state index contributed by atoms with van der Waals surface area (Å²) in [6.07, 6.45) is 1.37. The van der Waals surface area contributed by atoms with Crippen LogP contribution in [0.3, 0.4) is 0 Å². The van der Waals surface area contributed by atoms with E-state index in [1.807, 2.05) is 37.3 Å². The van der Waals surface area contributed by atoms with Crippen molar-refractivity contribution in [2.75, 3.05) is 19.0 Å². The minimum atomic E-state index is -0.641. The zero-order valence-corrected chi connectivity index (χ0v) is 17.5. The van der Waals surface area contributed by atoms with E-state index in [-0.39, 0.29) is 16.4 Å². The Kier molecular flexibility index (Phi) is 5.93. The SMILES string of the molecule is CC(c1ccccc1)N1C(=O)/C(=C\c2cc([N+](=O)[O-])ccc2N(C)C)C(=O)NC1=S. The fourth-order valence-electron chi connectivity index (χ4n) is 3.24. The zero-order chi connectivity index (χ0) is 22.0. The van der Waals surface area contributed by atoms with E-state index < -0.39 is 22.8 Å². The van der Waals surface area contributed by atoms with Crippen molar-refractivity contribution in [1.29, 1.82) is 0 Å². The summed E-state index contributed by atoms with van der Waals surface area (Å²) >= 11 is 5.25. The summed E-state index contributed by atoms with van der Waals surface area (Å²) < 4.78 is 0. The van der Waals surface area contributed by atoms with Gasteiger partial charge in [-0.15, -0.1) is 0 Å². The number of anilines is 1. The molecule has 2 amide bonds. The van der Waals surface area contributed by atoms with E-state index in [2.05, 4.69) is 5.32 Å². The van der Waals surface area contributed by atoms with E-state index in [0.717, 1.165) is 5.56 Å². The number of rotatable bonds is 5. The smallest absolute Gasteiger partial charge is 0.270 e. The molecule has 0 bridgehead atoms. The number of amides is 2. The number of non-ortho nitro benzene ring substituents is 1. The average Bonchev–Trinajstić information content (AvgIpc) is 2.71. The summed E-state index contributed by atoms with van der Waals surface area (Å²) in [4.78, 5) is 39.5. The second-order valence-electron chi connectivity index (χ2n) is 6.97. The van der Waals surface area contributed by atoms with Gasteiger partial charge in [0, 0.05) is 37.5 Å². The molecule has 0 aromatic heterocycles. The number of benzene rings is 2. The fraction of sp³-hybridized carbons (Fsp3) is 0.190. The molecule has 1 atom stereocenters. The number of carbonyl (C=O) groups is 2. The van der Waals surface area contributed by atoms with E-state index in [1.54, 1.807) is 25.1 Å². The fourth-order valence-corrected chi connectivity index (χ4v) is 3.57. The Morgan fingerprint density at radius 3 is 2.43 bits per heavy atom. The molecular formula is C21H20N4O4S. The van der Waals surface area contributed by atoms with Crippen LogP contribution < -0.4 is 10.2 Å². The Balaban J connectivity index is 2.07. The molecule has 0 saturated carbocycles. The summed E-state index contributed by atoms with van der Waals surface area (Å²) in [7, 11) is 3.54. The largest absolute Gasteiger partial charge is 0.377 e. The Labute approximate surface area is 178 Å². The van der Waals surface area contributed by atoms with Gasteiger partial charge in [0.25, 0.3) is 17.5 Å². The standard InChI is InChI=1S/C21H20N4O4S/c1-13(14-7-5-4-6-8-14)24-20(27)17(19(26)22-21(24)30)12-15-11-16(25(28)29)9-10-18(15)23(2)3/h4-13H,1-3H3,(H,22,26,30)/b17-12-. The quantitative estimate of drug-likeness (QED) is 0.261. The number of hydrogen-bond acceptors (Lipinski definition) is 6. The van der Waals surface area contributed by atoms with Crippen molar-refractivity contribution in [3.63, 3.8) is 0 Å². The third kappa shape index (κ3) is 4.06. The number of thiocarbonyl (C=S) groups is 1. The molecule has 30 heavy (non-hydrogen) atoms. The number of nitrogens with zero attached hydrogens (tertiary/aromatic N) is 3. The van der Waals surface area contributed by atoms with E-state index in [1.165, 1.54) is 23.1 Å². The summed E-state index contributed by atoms with van der Waals surface area (Å²) in [5, 5.41) is 13.8. The molecule has 9 heteroatoms. The minimum absolute atomic E-state index is 0.0189. The van der Waals surface area contributed by atoms with Gasteiger partial charge >= 0.3 is 0 Å². The van der Waals surface area contributed by atoms with Gasteiger partial charge in [-0.2, -0.15) is 0 Å². The summed E-state index contributed by atoms with van der Waals surface area (Å²) in [5.41, 5.74) is 1.58. The lowest BCUT2D eigenvalue weighted by molar-refractivity contribution is -0.384. The van der Waals surface area contributed by atoms with Crippen LogP contribution in [0.25, 0.3) is 6.08 Å². The summed E-state index contributed by atoms with van der Waals surface area (Å²) in [6, 6.07) is 13.2. The van der Waals surface area contributed by atoms with Crippen LogP contribution in [0.4, 0.5) is 11.4 Å². The molecule has 1 aliphatic rings. The second-order valence-corrected chi connectivity index (χ2v) is 7.36. The monoisotopic (exact) mass is 424 g/mol. The van der Waals surface area contributed by atoms with Gasteiger partial charge in [-0.1, -0.05) is 30.3 Å². The van der Waals surface area contributed by atoms with Crippen LogP contribution in [0.1, 0.15) is 24.1 Å². The molecule has 0 aliphatic carbocycles. The van der Waals surface area contributed by atoms with Crippen LogP contribution >= 0.6 is 12.2 Å². The van der Waals surface area contributed by atoms with Gasteiger partial charge in [0.15, 0.2) is 5.11 Å². The van der Waals surface area contributed by atoms with Crippen molar-refractivity contribution in [3.05, 3.63) is 75.3 Å². The maximum atomic E-state index is 13.2. The van der Waals surface area contributed by atoms with Crippen molar-refractivity contribution in [2.24, 2.45) is 0 Å². The molecule has 1 N–H and O–H groups in total. The van der Waals surface area contributed by atoms with Crippen molar-refractivity contribution >= 4 is 46.6 Å². The number of nitrogens with one attached hydrogen (secondary N) is 1.